The van der Waals surface area contributed by atoms with Gasteiger partial charge in [0.05, 0.1) is 4.90 Å². The molecule has 0 radical (unpaired) electrons. The molecule has 0 amide bonds. The Balaban J connectivity index is 1.83. The van der Waals surface area contributed by atoms with Crippen molar-refractivity contribution in [2.75, 3.05) is 4.72 Å². The van der Waals surface area contributed by atoms with E-state index in [0.29, 0.717) is 11.6 Å². The van der Waals surface area contributed by atoms with Gasteiger partial charge in [-0.25, -0.2) is 8.42 Å². The molecule has 5 heteroatoms. The molecule has 37 heavy (non-hydrogen) atoms. The molecule has 2 aromatic carbocycles. The Kier molecular flexibility index (Phi) is 9.77. The number of aromatic hydroxyl groups is 1. The number of rotatable bonds is 4. The summed E-state index contributed by atoms with van der Waals surface area (Å²) in [6.07, 6.45) is 14.2. The average molecular weight is 528 g/mol. The fourth-order valence-corrected chi connectivity index (χ4v) is 6.51. The molecule has 1 saturated carbocycles. The summed E-state index contributed by atoms with van der Waals surface area (Å²) in [5.41, 5.74) is 2.54. The zero-order valence-electron chi connectivity index (χ0n) is 24.0. The average Bonchev–Trinajstić information content (AvgIpc) is 2.79. The highest BCUT2D eigenvalue weighted by Gasteiger charge is 2.28. The van der Waals surface area contributed by atoms with Gasteiger partial charge in [0.25, 0.3) is 10.0 Å². The van der Waals surface area contributed by atoms with Gasteiger partial charge in [-0.2, -0.15) is 0 Å². The highest BCUT2D eigenvalue weighted by atomic mass is 32.2. The van der Waals surface area contributed by atoms with Crippen LogP contribution in [0, 0.1) is 0 Å². The van der Waals surface area contributed by atoms with Crippen LogP contribution in [0.5, 0.6) is 5.75 Å². The predicted octanol–water partition coefficient (Wildman–Crippen LogP) is 9.18. The molecule has 0 unspecified atom stereocenters. The van der Waals surface area contributed by atoms with E-state index in [1.807, 2.05) is 53.7 Å². The van der Waals surface area contributed by atoms with Crippen LogP contribution < -0.4 is 4.72 Å². The molecule has 0 spiro atoms. The smallest absolute Gasteiger partial charge is 0.261 e. The maximum Gasteiger partial charge on any atom is 0.261 e. The van der Waals surface area contributed by atoms with Gasteiger partial charge in [0.15, 0.2) is 0 Å². The molecule has 0 bridgehead atoms. The van der Waals surface area contributed by atoms with Gasteiger partial charge >= 0.3 is 0 Å². The summed E-state index contributed by atoms with van der Waals surface area (Å²) in [5.74, 6) is 0.745. The minimum absolute atomic E-state index is 0.240. The molecule has 3 rings (SSSR count). The van der Waals surface area contributed by atoms with E-state index in [4.69, 9.17) is 0 Å². The minimum Gasteiger partial charge on any atom is -0.507 e. The first-order valence-electron chi connectivity index (χ1n) is 14.3. The van der Waals surface area contributed by atoms with Gasteiger partial charge in [-0.1, -0.05) is 111 Å². The fourth-order valence-electron chi connectivity index (χ4n) is 5.47. The molecule has 1 aliphatic rings. The summed E-state index contributed by atoms with van der Waals surface area (Å²) in [7, 11) is -3.76. The maximum absolute atomic E-state index is 13.4. The summed E-state index contributed by atoms with van der Waals surface area (Å²) in [4.78, 5) is 0.270. The normalized spacial score (nSPS) is 17.6. The maximum atomic E-state index is 13.4. The molecule has 0 aromatic heterocycles. The van der Waals surface area contributed by atoms with E-state index in [2.05, 4.69) is 4.72 Å². The Morgan fingerprint density at radius 3 is 1.51 bits per heavy atom. The first kappa shape index (κ1) is 29.5. The molecular formula is C32H49NO3S. The van der Waals surface area contributed by atoms with Crippen molar-refractivity contribution in [2.45, 2.75) is 134 Å². The van der Waals surface area contributed by atoms with E-state index in [0.717, 1.165) is 11.1 Å². The van der Waals surface area contributed by atoms with Crippen LogP contribution in [0.2, 0.25) is 0 Å². The van der Waals surface area contributed by atoms with Crippen molar-refractivity contribution < 1.29 is 13.5 Å². The molecule has 0 saturated heterocycles. The van der Waals surface area contributed by atoms with Gasteiger partial charge < -0.3 is 5.11 Å². The third-order valence-corrected chi connectivity index (χ3v) is 9.14. The van der Waals surface area contributed by atoms with Crippen molar-refractivity contribution in [3.63, 3.8) is 0 Å². The fraction of sp³-hybridized carbons (Fsp3) is 0.625. The zero-order chi connectivity index (χ0) is 27.3. The number of hydrogen-bond donors (Lipinski definition) is 2. The SMILES string of the molecule is CC(C)(C)c1cc(NS(=O)(=O)c2ccc(C3CCCCCCCCCCC3)cc2)cc(C(C)(C)C)c1O. The Bertz CT molecular complexity index is 1080. The molecule has 0 aliphatic heterocycles. The number of phenolic OH excluding ortho intramolecular Hbond substituents is 1. The molecule has 2 N–H and O–H groups in total. The number of nitrogens with one attached hydrogen (secondary N) is 1. The summed E-state index contributed by atoms with van der Waals surface area (Å²) in [6, 6.07) is 11.1. The third kappa shape index (κ3) is 8.24. The van der Waals surface area contributed by atoms with E-state index in [1.54, 1.807) is 24.3 Å². The van der Waals surface area contributed by atoms with Crippen LogP contribution in [0.3, 0.4) is 0 Å². The minimum atomic E-state index is -3.76. The standard InChI is InChI=1S/C32H49NO3S/c1-31(2,3)28-22-26(23-29(30(28)34)32(4,5)6)33-37(35,36)27-20-18-25(19-21-27)24-16-14-12-10-8-7-9-11-13-15-17-24/h18-24,33-34H,7-17H2,1-6H3. The molecule has 4 nitrogen and oxygen atoms in total. The molecule has 1 aliphatic carbocycles. The Labute approximate surface area is 226 Å². The molecule has 0 heterocycles. The van der Waals surface area contributed by atoms with Crippen molar-refractivity contribution in [1.29, 1.82) is 0 Å². The topological polar surface area (TPSA) is 66.4 Å². The van der Waals surface area contributed by atoms with E-state index in [9.17, 15) is 13.5 Å². The van der Waals surface area contributed by atoms with Crippen molar-refractivity contribution in [3.05, 3.63) is 53.1 Å². The zero-order valence-corrected chi connectivity index (χ0v) is 24.8. The molecular weight excluding hydrogens is 478 g/mol. The molecule has 0 atom stereocenters. The highest BCUT2D eigenvalue weighted by Crippen LogP contribution is 2.41. The van der Waals surface area contributed by atoms with Crippen LogP contribution in [-0.4, -0.2) is 13.5 Å². The van der Waals surface area contributed by atoms with E-state index < -0.39 is 10.0 Å². The van der Waals surface area contributed by atoms with E-state index in [1.165, 1.54) is 76.2 Å². The Morgan fingerprint density at radius 1 is 0.703 bits per heavy atom. The Morgan fingerprint density at radius 2 is 1.11 bits per heavy atom. The van der Waals surface area contributed by atoms with Crippen molar-refractivity contribution in [1.82, 2.24) is 0 Å². The second-order valence-corrected chi connectivity index (χ2v) is 14.7. The number of benzene rings is 2. The lowest BCUT2D eigenvalue weighted by atomic mass is 9.79. The molecule has 206 valence electrons. The largest absolute Gasteiger partial charge is 0.507 e. The second-order valence-electron chi connectivity index (χ2n) is 13.1. The lowest BCUT2D eigenvalue weighted by Gasteiger charge is -2.28. The van der Waals surface area contributed by atoms with Gasteiger partial charge in [0.2, 0.25) is 0 Å². The van der Waals surface area contributed by atoms with Gasteiger partial charge in [0.1, 0.15) is 5.75 Å². The first-order chi connectivity index (χ1) is 17.3. The summed E-state index contributed by atoms with van der Waals surface area (Å²) < 4.78 is 29.5. The lowest BCUT2D eigenvalue weighted by molar-refractivity contribution is 0.423. The van der Waals surface area contributed by atoms with E-state index >= 15 is 0 Å². The van der Waals surface area contributed by atoms with Gasteiger partial charge in [0, 0.05) is 16.8 Å². The van der Waals surface area contributed by atoms with E-state index in [-0.39, 0.29) is 21.5 Å². The summed E-state index contributed by atoms with van der Waals surface area (Å²) in [6.45, 7) is 12.1. The number of hydrogen-bond acceptors (Lipinski definition) is 3. The van der Waals surface area contributed by atoms with Gasteiger partial charge in [-0.3, -0.25) is 4.72 Å². The quantitative estimate of drug-likeness (QED) is 0.389. The number of anilines is 1. The van der Waals surface area contributed by atoms with Crippen LogP contribution in [0.15, 0.2) is 41.3 Å². The number of phenols is 1. The second kappa shape index (κ2) is 12.2. The van der Waals surface area contributed by atoms with Crippen molar-refractivity contribution in [2.24, 2.45) is 0 Å². The van der Waals surface area contributed by atoms with Crippen LogP contribution in [0.25, 0.3) is 0 Å². The van der Waals surface area contributed by atoms with Gasteiger partial charge in [-0.15, -0.1) is 0 Å². The lowest BCUT2D eigenvalue weighted by Crippen LogP contribution is -2.19. The van der Waals surface area contributed by atoms with Crippen molar-refractivity contribution >= 4 is 15.7 Å². The van der Waals surface area contributed by atoms with Crippen LogP contribution in [0.4, 0.5) is 5.69 Å². The van der Waals surface area contributed by atoms with Crippen molar-refractivity contribution in [3.8, 4) is 5.75 Å². The molecule has 1 fully saturated rings. The number of sulfonamides is 1. The summed E-state index contributed by atoms with van der Waals surface area (Å²) >= 11 is 0. The predicted molar refractivity (Wildman–Crippen MR) is 156 cm³/mol. The third-order valence-electron chi connectivity index (χ3n) is 7.75. The summed E-state index contributed by atoms with van der Waals surface area (Å²) in [5, 5.41) is 11.0. The Hall–Kier alpha value is -2.01. The van der Waals surface area contributed by atoms with Crippen LogP contribution in [0.1, 0.15) is 135 Å². The highest BCUT2D eigenvalue weighted by molar-refractivity contribution is 7.92. The van der Waals surface area contributed by atoms with Crippen LogP contribution >= 0.6 is 0 Å². The monoisotopic (exact) mass is 527 g/mol. The molecule has 2 aromatic rings. The first-order valence-corrected chi connectivity index (χ1v) is 15.8. The van der Waals surface area contributed by atoms with Crippen LogP contribution in [-0.2, 0) is 20.9 Å². The van der Waals surface area contributed by atoms with Gasteiger partial charge in [-0.05, 0) is 59.4 Å².